The number of aromatic nitrogens is 3. The van der Waals surface area contributed by atoms with E-state index >= 15 is 0 Å². The predicted octanol–water partition coefficient (Wildman–Crippen LogP) is 5.51. The molecule has 8 nitrogen and oxygen atoms in total. The Morgan fingerprint density at radius 1 is 0.850 bits per heavy atom. The van der Waals surface area contributed by atoms with Crippen LogP contribution in [-0.2, 0) is 6.61 Å². The van der Waals surface area contributed by atoms with Crippen LogP contribution in [0.25, 0.3) is 22.2 Å². The molecule has 0 bridgehead atoms. The zero-order valence-corrected chi connectivity index (χ0v) is 21.7. The van der Waals surface area contributed by atoms with Crippen molar-refractivity contribution in [3.63, 3.8) is 0 Å². The molecule has 0 spiro atoms. The van der Waals surface area contributed by atoms with Crippen LogP contribution in [0.3, 0.4) is 0 Å². The van der Waals surface area contributed by atoms with E-state index in [1.165, 1.54) is 11.2 Å². The third-order valence-corrected chi connectivity index (χ3v) is 7.96. The molecule has 40 heavy (non-hydrogen) atoms. The number of nitrogens with zero attached hydrogens (tertiary/aromatic N) is 4. The number of amides is 2. The van der Waals surface area contributed by atoms with Crippen LogP contribution in [0.5, 0.6) is 5.75 Å². The summed E-state index contributed by atoms with van der Waals surface area (Å²) in [4.78, 5) is 35.9. The minimum absolute atomic E-state index is 0.184. The first-order chi connectivity index (χ1) is 19.6. The molecule has 2 amide bonds. The molecule has 5 aromatic rings. The number of hydrogen-bond acceptors (Lipinski definition) is 6. The van der Waals surface area contributed by atoms with Crippen LogP contribution in [0, 0.1) is 5.92 Å². The zero-order valence-electron chi connectivity index (χ0n) is 21.7. The lowest BCUT2D eigenvalue weighted by atomic mass is 9.79. The van der Waals surface area contributed by atoms with E-state index in [-0.39, 0.29) is 23.8 Å². The summed E-state index contributed by atoms with van der Waals surface area (Å²) >= 11 is 0. The predicted molar refractivity (Wildman–Crippen MR) is 152 cm³/mol. The molecule has 0 saturated heterocycles. The van der Waals surface area contributed by atoms with Crippen molar-refractivity contribution in [1.82, 2.24) is 19.4 Å². The molecule has 1 aliphatic carbocycles. The molecule has 3 heterocycles. The maximum absolute atomic E-state index is 12.8. The summed E-state index contributed by atoms with van der Waals surface area (Å²) in [6.45, 7) is 0.903. The van der Waals surface area contributed by atoms with Gasteiger partial charge < -0.3 is 15.0 Å². The first-order valence-corrected chi connectivity index (χ1v) is 13.4. The van der Waals surface area contributed by atoms with Crippen LogP contribution in [0.1, 0.15) is 45.2 Å². The van der Waals surface area contributed by atoms with Crippen LogP contribution in [0.4, 0.5) is 5.82 Å². The average Bonchev–Trinajstić information content (AvgIpc) is 3.46. The second-order valence-corrected chi connectivity index (χ2v) is 10.5. The van der Waals surface area contributed by atoms with Gasteiger partial charge in [-0.25, -0.2) is 9.97 Å². The van der Waals surface area contributed by atoms with Crippen LogP contribution < -0.4 is 10.5 Å². The SMILES string of the molecule is Nc1ncnc2c1c(-c1cccc(OCc3ccccc3)c1)cn2C1CC(CN2C(=O)c3ccccc3C2=O)C1. The van der Waals surface area contributed by atoms with Crippen molar-refractivity contribution >= 4 is 28.7 Å². The van der Waals surface area contributed by atoms with Crippen LogP contribution >= 0.6 is 0 Å². The quantitative estimate of drug-likeness (QED) is 0.279. The first kappa shape index (κ1) is 24.1. The van der Waals surface area contributed by atoms with Crippen molar-refractivity contribution in [2.24, 2.45) is 5.92 Å². The molecule has 1 fully saturated rings. The van der Waals surface area contributed by atoms with E-state index in [0.717, 1.165) is 46.3 Å². The van der Waals surface area contributed by atoms with E-state index in [2.05, 4.69) is 20.7 Å². The lowest BCUT2D eigenvalue weighted by molar-refractivity contribution is 0.0568. The highest BCUT2D eigenvalue weighted by Gasteiger charge is 2.40. The van der Waals surface area contributed by atoms with Crippen LogP contribution in [0.2, 0.25) is 0 Å². The first-order valence-electron chi connectivity index (χ1n) is 13.4. The van der Waals surface area contributed by atoms with Gasteiger partial charge in [0, 0.05) is 24.3 Å². The molecule has 8 heteroatoms. The van der Waals surface area contributed by atoms with Gasteiger partial charge in [0.15, 0.2) is 0 Å². The average molecular weight is 530 g/mol. The fourth-order valence-corrected chi connectivity index (χ4v) is 5.84. The Balaban J connectivity index is 1.11. The molecule has 1 aliphatic heterocycles. The molecule has 0 atom stereocenters. The maximum Gasteiger partial charge on any atom is 0.261 e. The number of carbonyl (C=O) groups is 2. The van der Waals surface area contributed by atoms with Gasteiger partial charge in [-0.1, -0.05) is 54.6 Å². The van der Waals surface area contributed by atoms with Gasteiger partial charge in [-0.2, -0.15) is 0 Å². The fraction of sp³-hybridized carbons (Fsp3) is 0.188. The zero-order chi connectivity index (χ0) is 27.2. The Hall–Kier alpha value is -4.98. The van der Waals surface area contributed by atoms with E-state index in [1.807, 2.05) is 54.6 Å². The van der Waals surface area contributed by atoms with E-state index in [1.54, 1.807) is 24.3 Å². The van der Waals surface area contributed by atoms with Gasteiger partial charge in [0.1, 0.15) is 30.1 Å². The number of hydrogen-bond donors (Lipinski definition) is 1. The summed E-state index contributed by atoms with van der Waals surface area (Å²) in [6.07, 6.45) is 5.25. The number of ether oxygens (including phenoxy) is 1. The smallest absolute Gasteiger partial charge is 0.261 e. The highest BCUT2D eigenvalue weighted by molar-refractivity contribution is 6.21. The second kappa shape index (κ2) is 9.64. The van der Waals surface area contributed by atoms with Gasteiger partial charge in [0.25, 0.3) is 11.8 Å². The van der Waals surface area contributed by atoms with Gasteiger partial charge in [-0.3, -0.25) is 14.5 Å². The monoisotopic (exact) mass is 529 g/mol. The number of fused-ring (bicyclic) bond motifs is 2. The van der Waals surface area contributed by atoms with Crippen molar-refractivity contribution in [2.45, 2.75) is 25.5 Å². The van der Waals surface area contributed by atoms with E-state index in [0.29, 0.717) is 30.1 Å². The Morgan fingerprint density at radius 2 is 1.57 bits per heavy atom. The lowest BCUT2D eigenvalue weighted by Crippen LogP contribution is -2.40. The minimum atomic E-state index is -0.201. The Labute approximate surface area is 231 Å². The normalized spacial score (nSPS) is 18.1. The van der Waals surface area contributed by atoms with Crippen molar-refractivity contribution in [2.75, 3.05) is 12.3 Å². The van der Waals surface area contributed by atoms with E-state index in [9.17, 15) is 9.59 Å². The molecule has 198 valence electrons. The van der Waals surface area contributed by atoms with Crippen molar-refractivity contribution in [1.29, 1.82) is 0 Å². The Morgan fingerprint density at radius 3 is 2.33 bits per heavy atom. The minimum Gasteiger partial charge on any atom is -0.489 e. The summed E-state index contributed by atoms with van der Waals surface area (Å²) in [5, 5.41) is 0.812. The third kappa shape index (κ3) is 4.09. The topological polar surface area (TPSA) is 103 Å². The molecular formula is C32H27N5O3. The second-order valence-electron chi connectivity index (χ2n) is 10.5. The Kier molecular flexibility index (Phi) is 5.81. The number of carbonyl (C=O) groups excluding carboxylic acids is 2. The summed E-state index contributed by atoms with van der Waals surface area (Å²) in [6, 6.07) is 25.2. The standard InChI is InChI=1S/C32H27N5O3/c33-29-28-27(22-9-6-10-24(15-22)40-18-20-7-2-1-3-8-20)17-36(30(28)35-19-34-29)23-13-21(14-23)16-37-31(38)25-11-4-5-12-26(25)32(37)39/h1-12,15,17,19,21,23H,13-14,16,18H2,(H2,33,34,35). The molecule has 2 aliphatic rings. The van der Waals surface area contributed by atoms with Crippen LogP contribution in [-0.4, -0.2) is 37.8 Å². The van der Waals surface area contributed by atoms with Gasteiger partial charge in [0.05, 0.1) is 16.5 Å². The van der Waals surface area contributed by atoms with Crippen LogP contribution in [0.15, 0.2) is 91.4 Å². The molecule has 1 saturated carbocycles. The molecule has 0 unspecified atom stereocenters. The van der Waals surface area contributed by atoms with Crippen molar-refractivity contribution < 1.29 is 14.3 Å². The largest absolute Gasteiger partial charge is 0.489 e. The molecule has 2 aromatic heterocycles. The molecular weight excluding hydrogens is 502 g/mol. The van der Waals surface area contributed by atoms with Gasteiger partial charge in [-0.05, 0) is 54.2 Å². The number of anilines is 1. The summed E-state index contributed by atoms with van der Waals surface area (Å²) in [5.41, 5.74) is 11.2. The number of nitrogen functional groups attached to an aromatic ring is 1. The van der Waals surface area contributed by atoms with Crippen molar-refractivity contribution in [3.8, 4) is 16.9 Å². The maximum atomic E-state index is 12.8. The lowest BCUT2D eigenvalue weighted by Gasteiger charge is -2.38. The highest BCUT2D eigenvalue weighted by Crippen LogP contribution is 2.44. The van der Waals surface area contributed by atoms with E-state index < -0.39 is 0 Å². The summed E-state index contributed by atoms with van der Waals surface area (Å²) in [7, 11) is 0. The summed E-state index contributed by atoms with van der Waals surface area (Å²) < 4.78 is 8.24. The van der Waals surface area contributed by atoms with Crippen molar-refractivity contribution in [3.05, 3.63) is 108 Å². The molecule has 7 rings (SSSR count). The number of rotatable bonds is 7. The fourth-order valence-electron chi connectivity index (χ4n) is 5.84. The molecule has 3 aromatic carbocycles. The number of imide groups is 1. The van der Waals surface area contributed by atoms with Gasteiger partial charge in [-0.15, -0.1) is 0 Å². The molecule has 0 radical (unpaired) electrons. The van der Waals surface area contributed by atoms with Gasteiger partial charge in [0.2, 0.25) is 0 Å². The molecule has 2 N–H and O–H groups in total. The number of nitrogens with two attached hydrogens (primary N) is 1. The van der Waals surface area contributed by atoms with E-state index in [4.69, 9.17) is 10.5 Å². The summed E-state index contributed by atoms with van der Waals surface area (Å²) in [5.74, 6) is 1.01. The third-order valence-electron chi connectivity index (χ3n) is 7.96. The highest BCUT2D eigenvalue weighted by atomic mass is 16.5. The number of benzene rings is 3. The van der Waals surface area contributed by atoms with Gasteiger partial charge >= 0.3 is 0 Å². The Bertz CT molecular complexity index is 1720.